The number of nitrogens with one attached hydrogen (secondary N) is 2. The number of anilines is 1. The van der Waals surface area contributed by atoms with E-state index < -0.39 is 29.9 Å². The lowest BCUT2D eigenvalue weighted by Crippen LogP contribution is -2.42. The van der Waals surface area contributed by atoms with Crippen LogP contribution in [0.15, 0.2) is 36.4 Å². The summed E-state index contributed by atoms with van der Waals surface area (Å²) in [4.78, 5) is 39.7. The largest absolute Gasteiger partial charge is 0.492 e. The Morgan fingerprint density at radius 1 is 1.26 bits per heavy atom. The van der Waals surface area contributed by atoms with Gasteiger partial charge in [-0.05, 0) is 43.9 Å². The van der Waals surface area contributed by atoms with Crippen molar-refractivity contribution < 1.29 is 23.9 Å². The molecule has 0 aliphatic carbocycles. The van der Waals surface area contributed by atoms with Crippen molar-refractivity contribution in [3.05, 3.63) is 53.1 Å². The van der Waals surface area contributed by atoms with E-state index in [4.69, 9.17) is 9.47 Å². The van der Waals surface area contributed by atoms with E-state index in [0.29, 0.717) is 35.3 Å². The molecule has 1 saturated heterocycles. The molecule has 4 amide bonds. The van der Waals surface area contributed by atoms with E-state index in [9.17, 15) is 14.4 Å². The number of urea groups is 1. The molecule has 2 aromatic rings. The number of carbonyl (C=O) groups is 3. The van der Waals surface area contributed by atoms with Crippen molar-refractivity contribution in [1.29, 1.82) is 0 Å². The molecule has 2 N–H and O–H groups in total. The van der Waals surface area contributed by atoms with E-state index in [-0.39, 0.29) is 6.10 Å². The molecule has 0 radical (unpaired) electrons. The van der Waals surface area contributed by atoms with Gasteiger partial charge in [0.25, 0.3) is 5.91 Å². The summed E-state index contributed by atoms with van der Waals surface area (Å²) in [5, 5.41) is 5.52. The van der Waals surface area contributed by atoms with E-state index in [0.717, 1.165) is 22.4 Å². The van der Waals surface area contributed by atoms with Gasteiger partial charge in [-0.3, -0.25) is 14.5 Å². The van der Waals surface area contributed by atoms with Gasteiger partial charge >= 0.3 is 6.03 Å². The van der Waals surface area contributed by atoms with E-state index >= 15 is 0 Å². The lowest BCUT2D eigenvalue weighted by atomic mass is 9.90. The van der Waals surface area contributed by atoms with Crippen molar-refractivity contribution in [2.45, 2.75) is 58.6 Å². The fourth-order valence-electron chi connectivity index (χ4n) is 4.38. The standard InChI is InChI=1S/C26H31N3O5/c1-6-33-22-12-18-11-16(4)34-21(18)13-20(22)27-23(30)14-29-24(31)26(5,28-25(29)32)19-9-7-17(8-10-19)15(2)3/h7-10,12-13,15-16H,6,11,14H2,1-5H3,(H,27,30)(H,28,32)/t16-,26+/m0/s1. The Bertz CT molecular complexity index is 1130. The minimum atomic E-state index is -1.24. The Morgan fingerprint density at radius 2 is 1.97 bits per heavy atom. The van der Waals surface area contributed by atoms with Crippen molar-refractivity contribution in [2.75, 3.05) is 18.5 Å². The number of rotatable bonds is 7. The first-order valence-electron chi connectivity index (χ1n) is 11.6. The number of ether oxygens (including phenoxy) is 2. The maximum absolute atomic E-state index is 13.2. The highest BCUT2D eigenvalue weighted by Crippen LogP contribution is 2.38. The maximum Gasteiger partial charge on any atom is 0.325 e. The zero-order valence-corrected chi connectivity index (χ0v) is 20.2. The Kier molecular flexibility index (Phi) is 6.25. The van der Waals surface area contributed by atoms with Crippen LogP contribution in [0.5, 0.6) is 11.5 Å². The monoisotopic (exact) mass is 465 g/mol. The Morgan fingerprint density at radius 3 is 2.62 bits per heavy atom. The number of imide groups is 1. The van der Waals surface area contributed by atoms with Crippen LogP contribution in [-0.4, -0.2) is 42.0 Å². The minimum Gasteiger partial charge on any atom is -0.492 e. The van der Waals surface area contributed by atoms with Gasteiger partial charge in [0, 0.05) is 18.1 Å². The van der Waals surface area contributed by atoms with Crippen molar-refractivity contribution >= 4 is 23.5 Å². The average Bonchev–Trinajstić information content (AvgIpc) is 3.25. The molecule has 0 aromatic heterocycles. The van der Waals surface area contributed by atoms with Crippen LogP contribution in [0, 0.1) is 0 Å². The summed E-state index contributed by atoms with van der Waals surface area (Å²) in [5.74, 6) is 0.597. The van der Waals surface area contributed by atoms with Crippen LogP contribution in [0.3, 0.4) is 0 Å². The highest BCUT2D eigenvalue weighted by molar-refractivity contribution is 6.10. The molecule has 1 fully saturated rings. The van der Waals surface area contributed by atoms with E-state index in [1.165, 1.54) is 0 Å². The first-order valence-corrected chi connectivity index (χ1v) is 11.6. The molecule has 8 heteroatoms. The van der Waals surface area contributed by atoms with E-state index in [1.807, 2.05) is 44.2 Å². The molecule has 8 nitrogen and oxygen atoms in total. The fraction of sp³-hybridized carbons (Fsp3) is 0.423. The molecule has 2 aromatic carbocycles. The molecule has 0 bridgehead atoms. The Hall–Kier alpha value is -3.55. The van der Waals surface area contributed by atoms with Gasteiger partial charge in [0.05, 0.1) is 12.3 Å². The second-order valence-electron chi connectivity index (χ2n) is 9.29. The highest BCUT2D eigenvalue weighted by atomic mass is 16.5. The first kappa shape index (κ1) is 23.6. The van der Waals surface area contributed by atoms with Gasteiger partial charge in [0.2, 0.25) is 5.91 Å². The van der Waals surface area contributed by atoms with Gasteiger partial charge in [0.1, 0.15) is 29.7 Å². The van der Waals surface area contributed by atoms with Gasteiger partial charge < -0.3 is 20.1 Å². The minimum absolute atomic E-state index is 0.0497. The Balaban J connectivity index is 1.50. The predicted molar refractivity (Wildman–Crippen MR) is 128 cm³/mol. The molecule has 0 spiro atoms. The SMILES string of the molecule is CCOc1cc2c(cc1NC(=O)CN1C(=O)N[C@](C)(c3ccc(C(C)C)cc3)C1=O)O[C@@H](C)C2. The summed E-state index contributed by atoms with van der Waals surface area (Å²) < 4.78 is 11.5. The quantitative estimate of drug-likeness (QED) is 0.604. The number of carbonyl (C=O) groups excluding carboxylic acids is 3. The number of amides is 4. The van der Waals surface area contributed by atoms with E-state index in [2.05, 4.69) is 24.5 Å². The zero-order chi connectivity index (χ0) is 24.6. The van der Waals surface area contributed by atoms with Crippen molar-refractivity contribution in [2.24, 2.45) is 0 Å². The molecule has 2 heterocycles. The van der Waals surface area contributed by atoms with Crippen LogP contribution in [0.1, 0.15) is 57.2 Å². The number of hydrogen-bond donors (Lipinski definition) is 2. The van der Waals surface area contributed by atoms with Crippen molar-refractivity contribution in [1.82, 2.24) is 10.2 Å². The molecule has 4 rings (SSSR count). The van der Waals surface area contributed by atoms with Gasteiger partial charge in [0.15, 0.2) is 0 Å². The van der Waals surface area contributed by atoms with E-state index in [1.54, 1.807) is 13.0 Å². The molecular weight excluding hydrogens is 434 g/mol. The second kappa shape index (κ2) is 9.00. The molecule has 34 heavy (non-hydrogen) atoms. The summed E-state index contributed by atoms with van der Waals surface area (Å²) in [7, 11) is 0. The molecule has 2 atom stereocenters. The average molecular weight is 466 g/mol. The number of fused-ring (bicyclic) bond motifs is 1. The summed E-state index contributed by atoms with van der Waals surface area (Å²) in [6.07, 6.45) is 0.816. The maximum atomic E-state index is 13.2. The summed E-state index contributed by atoms with van der Waals surface area (Å²) in [6, 6.07) is 10.6. The summed E-state index contributed by atoms with van der Waals surface area (Å²) in [6.45, 7) is 9.68. The third kappa shape index (κ3) is 4.32. The first-order chi connectivity index (χ1) is 16.1. The van der Waals surface area contributed by atoms with Gasteiger partial charge in [-0.25, -0.2) is 4.79 Å². The van der Waals surface area contributed by atoms with Gasteiger partial charge in [-0.2, -0.15) is 0 Å². The van der Waals surface area contributed by atoms with Crippen molar-refractivity contribution in [3.8, 4) is 11.5 Å². The topological polar surface area (TPSA) is 97.0 Å². The lowest BCUT2D eigenvalue weighted by molar-refractivity contribution is -0.133. The normalized spacial score (nSPS) is 21.4. The molecular formula is C26H31N3O5. The van der Waals surface area contributed by atoms with Gasteiger partial charge in [-0.15, -0.1) is 0 Å². The second-order valence-corrected chi connectivity index (χ2v) is 9.29. The molecule has 2 aliphatic rings. The number of nitrogens with zero attached hydrogens (tertiary/aromatic N) is 1. The predicted octanol–water partition coefficient (Wildman–Crippen LogP) is 3.94. The summed E-state index contributed by atoms with van der Waals surface area (Å²) in [5.41, 5.74) is 2.03. The van der Waals surface area contributed by atoms with Crippen LogP contribution < -0.4 is 20.1 Å². The van der Waals surface area contributed by atoms with Crippen LogP contribution in [0.25, 0.3) is 0 Å². The fourth-order valence-corrected chi connectivity index (χ4v) is 4.38. The van der Waals surface area contributed by atoms with Crippen molar-refractivity contribution in [3.63, 3.8) is 0 Å². The van der Waals surface area contributed by atoms with Crippen LogP contribution in [-0.2, 0) is 21.5 Å². The highest BCUT2D eigenvalue weighted by Gasteiger charge is 2.49. The van der Waals surface area contributed by atoms with Crippen LogP contribution in [0.2, 0.25) is 0 Å². The van der Waals surface area contributed by atoms with Crippen LogP contribution in [0.4, 0.5) is 10.5 Å². The molecule has 0 unspecified atom stereocenters. The zero-order valence-electron chi connectivity index (χ0n) is 20.2. The van der Waals surface area contributed by atoms with Crippen LogP contribution >= 0.6 is 0 Å². The molecule has 2 aliphatic heterocycles. The Labute approximate surface area is 199 Å². The third-order valence-electron chi connectivity index (χ3n) is 6.30. The third-order valence-corrected chi connectivity index (χ3v) is 6.30. The van der Waals surface area contributed by atoms with Gasteiger partial charge in [-0.1, -0.05) is 38.1 Å². The smallest absolute Gasteiger partial charge is 0.325 e. The molecule has 180 valence electrons. The number of hydrogen-bond acceptors (Lipinski definition) is 5. The lowest BCUT2D eigenvalue weighted by Gasteiger charge is -2.23. The summed E-state index contributed by atoms with van der Waals surface area (Å²) >= 11 is 0. The molecule has 0 saturated carbocycles. The number of benzene rings is 2.